The van der Waals surface area contributed by atoms with Crippen LogP contribution in [0, 0.1) is 26.6 Å². The first kappa shape index (κ1) is 24.5. The summed E-state index contributed by atoms with van der Waals surface area (Å²) in [5, 5.41) is 15.5. The van der Waals surface area contributed by atoms with Crippen LogP contribution in [0.2, 0.25) is 0 Å². The van der Waals surface area contributed by atoms with Crippen molar-refractivity contribution in [2.75, 3.05) is 5.32 Å². The van der Waals surface area contributed by atoms with E-state index in [4.69, 9.17) is 0 Å². The lowest BCUT2D eigenvalue weighted by molar-refractivity contribution is 0.248. The fraction of sp³-hybridized carbons (Fsp3) is 0.222. The Morgan fingerprint density at radius 2 is 1.63 bits per heavy atom. The van der Waals surface area contributed by atoms with Crippen molar-refractivity contribution in [3.05, 3.63) is 101 Å². The highest BCUT2D eigenvalue weighted by molar-refractivity contribution is 7.98. The minimum absolute atomic E-state index is 0.261. The van der Waals surface area contributed by atoms with Gasteiger partial charge in [-0.1, -0.05) is 59.8 Å². The van der Waals surface area contributed by atoms with Crippen LogP contribution < -0.4 is 10.6 Å². The highest BCUT2D eigenvalue weighted by Crippen LogP contribution is 2.28. The zero-order valence-corrected chi connectivity index (χ0v) is 21.0. The third-order valence-electron chi connectivity index (χ3n) is 5.69. The van der Waals surface area contributed by atoms with Gasteiger partial charge in [-0.15, -0.1) is 10.2 Å². The first-order valence-electron chi connectivity index (χ1n) is 11.3. The number of thioether (sulfide) groups is 1. The summed E-state index contributed by atoms with van der Waals surface area (Å²) in [7, 11) is 0. The lowest BCUT2D eigenvalue weighted by Gasteiger charge is -2.18. The van der Waals surface area contributed by atoms with E-state index in [1.807, 2.05) is 74.7 Å². The number of rotatable bonds is 7. The number of amides is 2. The molecule has 0 saturated heterocycles. The Morgan fingerprint density at radius 3 is 2.29 bits per heavy atom. The lowest BCUT2D eigenvalue weighted by atomic mass is 10.1. The molecule has 0 bridgehead atoms. The third-order valence-corrected chi connectivity index (χ3v) is 6.69. The van der Waals surface area contributed by atoms with Gasteiger partial charge in [0.15, 0.2) is 11.0 Å². The van der Waals surface area contributed by atoms with Gasteiger partial charge in [0.05, 0.1) is 6.04 Å². The van der Waals surface area contributed by atoms with E-state index in [2.05, 4.69) is 20.8 Å². The molecule has 0 radical (unpaired) electrons. The number of para-hydroxylation sites is 1. The number of anilines is 1. The van der Waals surface area contributed by atoms with Crippen molar-refractivity contribution >= 4 is 23.5 Å². The van der Waals surface area contributed by atoms with E-state index in [1.165, 1.54) is 23.9 Å². The van der Waals surface area contributed by atoms with Crippen molar-refractivity contribution in [2.45, 2.75) is 44.6 Å². The number of carbonyl (C=O) groups is 1. The second-order valence-electron chi connectivity index (χ2n) is 8.51. The van der Waals surface area contributed by atoms with Gasteiger partial charge in [0.25, 0.3) is 0 Å². The Morgan fingerprint density at radius 1 is 0.971 bits per heavy atom. The van der Waals surface area contributed by atoms with Crippen LogP contribution in [0.1, 0.15) is 41.0 Å². The molecular formula is C27H28FN5OS. The molecule has 35 heavy (non-hydrogen) atoms. The summed E-state index contributed by atoms with van der Waals surface area (Å²) in [5.41, 5.74) is 5.82. The molecule has 0 aliphatic carbocycles. The molecule has 4 rings (SSSR count). The summed E-state index contributed by atoms with van der Waals surface area (Å²) in [6.45, 7) is 7.84. The Bertz CT molecular complexity index is 1300. The molecule has 2 N–H and O–H groups in total. The predicted molar refractivity (Wildman–Crippen MR) is 139 cm³/mol. The zero-order valence-electron chi connectivity index (χ0n) is 20.2. The molecule has 0 aliphatic heterocycles. The highest BCUT2D eigenvalue weighted by Gasteiger charge is 2.21. The van der Waals surface area contributed by atoms with Crippen molar-refractivity contribution in [1.82, 2.24) is 20.1 Å². The van der Waals surface area contributed by atoms with E-state index in [1.54, 1.807) is 12.1 Å². The molecule has 4 aromatic rings. The summed E-state index contributed by atoms with van der Waals surface area (Å²) in [5.74, 6) is 0.967. The van der Waals surface area contributed by atoms with Gasteiger partial charge in [-0.05, 0) is 68.7 Å². The number of urea groups is 1. The van der Waals surface area contributed by atoms with Crippen molar-refractivity contribution < 1.29 is 9.18 Å². The first-order valence-corrected chi connectivity index (χ1v) is 12.3. The number of hydrogen-bond donors (Lipinski definition) is 2. The Kier molecular flexibility index (Phi) is 7.51. The number of nitrogens with one attached hydrogen (secondary N) is 2. The number of aromatic nitrogens is 3. The van der Waals surface area contributed by atoms with Crippen LogP contribution in [0.4, 0.5) is 14.9 Å². The van der Waals surface area contributed by atoms with E-state index >= 15 is 0 Å². The number of halogens is 1. The van der Waals surface area contributed by atoms with E-state index in [0.29, 0.717) is 16.7 Å². The van der Waals surface area contributed by atoms with Gasteiger partial charge in [0.1, 0.15) is 5.82 Å². The van der Waals surface area contributed by atoms with Gasteiger partial charge in [0, 0.05) is 17.1 Å². The van der Waals surface area contributed by atoms with Crippen molar-refractivity contribution in [3.63, 3.8) is 0 Å². The molecule has 2 amide bonds. The topological polar surface area (TPSA) is 71.8 Å². The highest BCUT2D eigenvalue weighted by atomic mass is 32.2. The fourth-order valence-corrected chi connectivity index (χ4v) is 4.66. The summed E-state index contributed by atoms with van der Waals surface area (Å²) < 4.78 is 15.2. The maximum atomic E-state index is 13.3. The summed E-state index contributed by atoms with van der Waals surface area (Å²) in [6, 6.07) is 19.7. The maximum Gasteiger partial charge on any atom is 0.319 e. The molecule has 8 heteroatoms. The van der Waals surface area contributed by atoms with Crippen LogP contribution in [-0.4, -0.2) is 20.8 Å². The van der Waals surface area contributed by atoms with Gasteiger partial charge >= 0.3 is 6.03 Å². The molecule has 3 aromatic carbocycles. The van der Waals surface area contributed by atoms with Gasteiger partial charge in [-0.25, -0.2) is 9.18 Å². The molecule has 1 aromatic heterocycles. The van der Waals surface area contributed by atoms with Crippen LogP contribution >= 0.6 is 11.8 Å². The zero-order chi connectivity index (χ0) is 24.9. The average molecular weight is 490 g/mol. The van der Waals surface area contributed by atoms with Crippen molar-refractivity contribution in [3.8, 4) is 5.69 Å². The molecule has 0 fully saturated rings. The first-order chi connectivity index (χ1) is 16.8. The van der Waals surface area contributed by atoms with Crippen LogP contribution in [0.5, 0.6) is 0 Å². The van der Waals surface area contributed by atoms with E-state index < -0.39 is 6.04 Å². The minimum Gasteiger partial charge on any atom is -0.328 e. The maximum absolute atomic E-state index is 13.3. The second-order valence-corrected chi connectivity index (χ2v) is 9.46. The normalized spacial score (nSPS) is 11.8. The molecule has 1 atom stereocenters. The number of nitrogens with zero attached hydrogens (tertiary/aromatic N) is 3. The lowest BCUT2D eigenvalue weighted by Crippen LogP contribution is -2.33. The van der Waals surface area contributed by atoms with E-state index in [0.717, 1.165) is 33.6 Å². The molecule has 1 unspecified atom stereocenters. The molecule has 0 aliphatic rings. The summed E-state index contributed by atoms with van der Waals surface area (Å²) in [6.07, 6.45) is 0. The molecule has 0 spiro atoms. The van der Waals surface area contributed by atoms with Gasteiger partial charge in [-0.2, -0.15) is 0 Å². The van der Waals surface area contributed by atoms with Crippen LogP contribution in [0.3, 0.4) is 0 Å². The molecule has 0 saturated carbocycles. The van der Waals surface area contributed by atoms with E-state index in [9.17, 15) is 9.18 Å². The Balaban J connectivity index is 1.57. The average Bonchev–Trinajstić information content (AvgIpc) is 3.26. The molecular weight excluding hydrogens is 461 g/mol. The predicted octanol–water partition coefficient (Wildman–Crippen LogP) is 6.51. The van der Waals surface area contributed by atoms with Crippen LogP contribution in [-0.2, 0) is 5.75 Å². The van der Waals surface area contributed by atoms with E-state index in [-0.39, 0.29) is 11.8 Å². The van der Waals surface area contributed by atoms with Gasteiger partial charge < -0.3 is 10.6 Å². The number of hydrogen-bond acceptors (Lipinski definition) is 4. The van der Waals surface area contributed by atoms with Crippen molar-refractivity contribution in [2.24, 2.45) is 0 Å². The van der Waals surface area contributed by atoms with Crippen LogP contribution in [0.25, 0.3) is 5.69 Å². The summed E-state index contributed by atoms with van der Waals surface area (Å²) in [4.78, 5) is 12.8. The Hall–Kier alpha value is -3.65. The molecule has 1 heterocycles. The smallest absolute Gasteiger partial charge is 0.319 e. The number of aryl methyl sites for hydroxylation is 3. The minimum atomic E-state index is -0.409. The fourth-order valence-electron chi connectivity index (χ4n) is 3.74. The summed E-state index contributed by atoms with van der Waals surface area (Å²) >= 11 is 1.51. The van der Waals surface area contributed by atoms with Gasteiger partial charge in [-0.3, -0.25) is 4.57 Å². The number of benzene rings is 3. The quantitative estimate of drug-likeness (QED) is 0.291. The SMILES string of the molecule is Cc1ccc(-n2c(SCc3ccc(F)cc3)nnc2C(C)NC(=O)Nc2c(C)cccc2C)cc1. The van der Waals surface area contributed by atoms with Crippen molar-refractivity contribution in [1.29, 1.82) is 0 Å². The standard InChI is InChI=1S/C27H28FN5OS/c1-17-8-14-23(15-9-17)33-25(31-32-27(33)35-16-21-10-12-22(28)13-11-21)20(4)29-26(34)30-24-18(2)6-5-7-19(24)3/h5-15,20H,16H2,1-4H3,(H2,29,30,34). The molecule has 180 valence electrons. The number of carbonyl (C=O) groups excluding carboxylic acids is 1. The monoisotopic (exact) mass is 489 g/mol. The van der Waals surface area contributed by atoms with Gasteiger partial charge in [0.2, 0.25) is 0 Å². The molecule has 6 nitrogen and oxygen atoms in total. The largest absolute Gasteiger partial charge is 0.328 e. The van der Waals surface area contributed by atoms with Crippen LogP contribution in [0.15, 0.2) is 71.9 Å². The Labute approximate surface area is 209 Å². The second kappa shape index (κ2) is 10.7. The third kappa shape index (κ3) is 5.89.